The molecule has 2 aromatic rings. The summed E-state index contributed by atoms with van der Waals surface area (Å²) in [6.45, 7) is 3.55. The van der Waals surface area contributed by atoms with Crippen molar-refractivity contribution >= 4 is 28.9 Å². The van der Waals surface area contributed by atoms with Gasteiger partial charge in [0.2, 0.25) is 0 Å². The molecule has 164 valence electrons. The Kier molecular flexibility index (Phi) is 5.74. The first-order valence-electron chi connectivity index (χ1n) is 10.3. The van der Waals surface area contributed by atoms with Crippen LogP contribution in [0.25, 0.3) is 0 Å². The Hall–Kier alpha value is -3.63. The molecule has 2 aliphatic rings. The van der Waals surface area contributed by atoms with Gasteiger partial charge in [0.05, 0.1) is 11.0 Å². The maximum absolute atomic E-state index is 12.6. The summed E-state index contributed by atoms with van der Waals surface area (Å²) in [5.41, 5.74) is 1.63. The summed E-state index contributed by atoms with van der Waals surface area (Å²) in [7, 11) is 0. The van der Waals surface area contributed by atoms with Crippen molar-refractivity contribution in [1.29, 1.82) is 0 Å². The molecular weight excluding hydrogens is 406 g/mol. The Morgan fingerprint density at radius 1 is 0.839 bits per heavy atom. The van der Waals surface area contributed by atoms with E-state index in [0.29, 0.717) is 31.9 Å². The quantitative estimate of drug-likeness (QED) is 0.524. The highest BCUT2D eigenvalue weighted by Gasteiger charge is 2.28. The molecule has 0 spiro atoms. The Labute approximate surface area is 178 Å². The lowest BCUT2D eigenvalue weighted by Crippen LogP contribution is -2.48. The van der Waals surface area contributed by atoms with Gasteiger partial charge in [-0.15, -0.1) is 0 Å². The summed E-state index contributed by atoms with van der Waals surface area (Å²) in [6.07, 6.45) is 3.18. The van der Waals surface area contributed by atoms with Gasteiger partial charge in [-0.25, -0.2) is 0 Å². The molecule has 2 fully saturated rings. The second kappa shape index (κ2) is 8.62. The van der Waals surface area contributed by atoms with Crippen molar-refractivity contribution in [3.63, 3.8) is 0 Å². The molecule has 2 aliphatic heterocycles. The minimum Gasteiger partial charge on any atom is -0.395 e. The van der Waals surface area contributed by atoms with Gasteiger partial charge in [0.25, 0.3) is 11.6 Å². The van der Waals surface area contributed by atoms with Gasteiger partial charge < -0.3 is 19.1 Å². The SMILES string of the molecule is O=C(c1ccc([N+](=O)[O-])o1)N1CCN(c2ccc([N+](=O)[O-])c(N3CCCCC3)c2)CC1. The number of nitro groups is 2. The highest BCUT2D eigenvalue weighted by atomic mass is 16.6. The molecule has 0 N–H and O–H groups in total. The smallest absolute Gasteiger partial charge is 0.395 e. The average molecular weight is 429 g/mol. The Balaban J connectivity index is 1.46. The highest BCUT2D eigenvalue weighted by Crippen LogP contribution is 2.34. The summed E-state index contributed by atoms with van der Waals surface area (Å²) >= 11 is 0. The first-order valence-corrected chi connectivity index (χ1v) is 10.3. The zero-order valence-electron chi connectivity index (χ0n) is 16.9. The standard InChI is InChI=1S/C20H23N5O6/c26-20(18-6-7-19(31-18)25(29)30)23-12-10-21(11-13-23)15-4-5-16(24(27)28)17(14-15)22-8-2-1-3-9-22/h4-7,14H,1-3,8-13H2. The fourth-order valence-electron chi connectivity index (χ4n) is 4.12. The van der Waals surface area contributed by atoms with E-state index in [4.69, 9.17) is 4.42 Å². The Morgan fingerprint density at radius 3 is 2.16 bits per heavy atom. The highest BCUT2D eigenvalue weighted by molar-refractivity contribution is 5.92. The summed E-state index contributed by atoms with van der Waals surface area (Å²) in [4.78, 5) is 39.6. The first-order chi connectivity index (χ1) is 14.9. The van der Waals surface area contributed by atoms with Crippen molar-refractivity contribution < 1.29 is 19.1 Å². The van der Waals surface area contributed by atoms with Gasteiger partial charge in [-0.3, -0.25) is 25.0 Å². The predicted molar refractivity (Wildman–Crippen MR) is 113 cm³/mol. The first kappa shape index (κ1) is 20.6. The van der Waals surface area contributed by atoms with Crippen LogP contribution in [-0.4, -0.2) is 59.9 Å². The molecule has 1 aromatic carbocycles. The number of carbonyl (C=O) groups is 1. The van der Waals surface area contributed by atoms with Crippen molar-refractivity contribution in [3.8, 4) is 0 Å². The van der Waals surface area contributed by atoms with Crippen LogP contribution in [0.3, 0.4) is 0 Å². The molecule has 0 saturated carbocycles. The zero-order valence-corrected chi connectivity index (χ0v) is 16.9. The van der Waals surface area contributed by atoms with Crippen molar-refractivity contribution in [2.75, 3.05) is 49.1 Å². The second-order valence-electron chi connectivity index (χ2n) is 7.65. The number of anilines is 2. The normalized spacial score (nSPS) is 17.0. The largest absolute Gasteiger partial charge is 0.433 e. The van der Waals surface area contributed by atoms with Crippen molar-refractivity contribution in [2.45, 2.75) is 19.3 Å². The number of carbonyl (C=O) groups excluding carboxylic acids is 1. The molecule has 31 heavy (non-hydrogen) atoms. The van der Waals surface area contributed by atoms with Gasteiger partial charge in [0.1, 0.15) is 10.6 Å². The molecule has 0 unspecified atom stereocenters. The number of hydrogen-bond acceptors (Lipinski definition) is 8. The number of nitro benzene ring substituents is 1. The van der Waals surface area contributed by atoms with E-state index in [1.807, 2.05) is 6.07 Å². The molecule has 0 bridgehead atoms. The number of piperazine rings is 1. The van der Waals surface area contributed by atoms with Crippen molar-refractivity contribution in [1.82, 2.24) is 4.90 Å². The Bertz CT molecular complexity index is 992. The van der Waals surface area contributed by atoms with E-state index < -0.39 is 10.8 Å². The van der Waals surface area contributed by atoms with E-state index in [0.717, 1.165) is 38.0 Å². The van der Waals surface area contributed by atoms with Gasteiger partial charge in [-0.2, -0.15) is 0 Å². The third kappa shape index (κ3) is 4.30. The van der Waals surface area contributed by atoms with Crippen molar-refractivity contribution in [2.24, 2.45) is 0 Å². The minimum atomic E-state index is -0.677. The molecule has 2 saturated heterocycles. The van der Waals surface area contributed by atoms with Crippen LogP contribution in [0.4, 0.5) is 22.9 Å². The summed E-state index contributed by atoms with van der Waals surface area (Å²) in [6, 6.07) is 7.66. The van der Waals surface area contributed by atoms with Crippen LogP contribution in [0, 0.1) is 20.2 Å². The van der Waals surface area contributed by atoms with Crippen LogP contribution in [0.15, 0.2) is 34.7 Å². The van der Waals surface area contributed by atoms with E-state index in [1.165, 1.54) is 12.1 Å². The third-order valence-electron chi connectivity index (χ3n) is 5.77. The molecule has 4 rings (SSSR count). The number of nitrogens with zero attached hydrogens (tertiary/aromatic N) is 5. The molecule has 1 aromatic heterocycles. The number of piperidine rings is 1. The predicted octanol–water partition coefficient (Wildman–Crippen LogP) is 3.05. The van der Waals surface area contributed by atoms with E-state index in [-0.39, 0.29) is 22.3 Å². The summed E-state index contributed by atoms with van der Waals surface area (Å²) < 4.78 is 5.02. The van der Waals surface area contributed by atoms with E-state index >= 15 is 0 Å². The van der Waals surface area contributed by atoms with Crippen molar-refractivity contribution in [3.05, 3.63) is 56.3 Å². The summed E-state index contributed by atoms with van der Waals surface area (Å²) in [5.74, 6) is -0.897. The van der Waals surface area contributed by atoms with Crippen LogP contribution in [0.1, 0.15) is 29.8 Å². The number of furan rings is 1. The number of benzene rings is 1. The zero-order chi connectivity index (χ0) is 22.0. The van der Waals surface area contributed by atoms with Gasteiger partial charge >= 0.3 is 5.88 Å². The molecule has 0 radical (unpaired) electrons. The second-order valence-corrected chi connectivity index (χ2v) is 7.65. The molecule has 3 heterocycles. The van der Waals surface area contributed by atoms with E-state index in [2.05, 4.69) is 9.80 Å². The average Bonchev–Trinajstić information content (AvgIpc) is 3.29. The van der Waals surface area contributed by atoms with Gasteiger partial charge in [-0.1, -0.05) is 0 Å². The maximum atomic E-state index is 12.6. The van der Waals surface area contributed by atoms with Gasteiger partial charge in [0.15, 0.2) is 5.76 Å². The topological polar surface area (TPSA) is 126 Å². The van der Waals surface area contributed by atoms with Crippen LogP contribution >= 0.6 is 0 Å². The lowest BCUT2D eigenvalue weighted by Gasteiger charge is -2.36. The molecule has 0 atom stereocenters. The third-order valence-corrected chi connectivity index (χ3v) is 5.77. The number of amides is 1. The number of rotatable bonds is 5. The van der Waals surface area contributed by atoms with Crippen LogP contribution < -0.4 is 9.80 Å². The van der Waals surface area contributed by atoms with Crippen LogP contribution in [-0.2, 0) is 0 Å². The summed E-state index contributed by atoms with van der Waals surface area (Å²) in [5, 5.41) is 22.3. The van der Waals surface area contributed by atoms with Crippen LogP contribution in [0.5, 0.6) is 0 Å². The molecule has 1 amide bonds. The fraction of sp³-hybridized carbons (Fsp3) is 0.450. The number of hydrogen-bond donors (Lipinski definition) is 0. The lowest BCUT2D eigenvalue weighted by atomic mass is 10.1. The van der Waals surface area contributed by atoms with Gasteiger partial charge in [-0.05, 0) is 37.5 Å². The van der Waals surface area contributed by atoms with Crippen LogP contribution in [0.2, 0.25) is 0 Å². The molecular formula is C20H23N5O6. The molecule has 0 aliphatic carbocycles. The van der Waals surface area contributed by atoms with E-state index in [1.54, 1.807) is 17.0 Å². The molecule has 11 nitrogen and oxygen atoms in total. The Morgan fingerprint density at radius 2 is 1.55 bits per heavy atom. The maximum Gasteiger partial charge on any atom is 0.433 e. The van der Waals surface area contributed by atoms with E-state index in [9.17, 15) is 25.0 Å². The lowest BCUT2D eigenvalue weighted by molar-refractivity contribution is -0.402. The van der Waals surface area contributed by atoms with Gasteiger partial charge in [0, 0.05) is 51.0 Å². The molecule has 11 heteroatoms. The fourth-order valence-corrected chi connectivity index (χ4v) is 4.12. The minimum absolute atomic E-state index is 0.0529. The monoisotopic (exact) mass is 429 g/mol.